The third-order valence-electron chi connectivity index (χ3n) is 9.67. The first-order valence-corrected chi connectivity index (χ1v) is 19.7. The van der Waals surface area contributed by atoms with Crippen molar-refractivity contribution in [2.75, 3.05) is 55.1 Å². The number of aromatic nitrogens is 4. The molecule has 4 amide bonds. The summed E-state index contributed by atoms with van der Waals surface area (Å²) < 4.78 is 115. The van der Waals surface area contributed by atoms with Crippen LogP contribution in [0, 0.1) is 0 Å². The van der Waals surface area contributed by atoms with Crippen LogP contribution in [0.1, 0.15) is 11.1 Å². The third kappa shape index (κ3) is 9.19. The van der Waals surface area contributed by atoms with Crippen molar-refractivity contribution >= 4 is 86.9 Å². The Morgan fingerprint density at radius 2 is 1.17 bits per heavy atom. The predicted molar refractivity (Wildman–Crippen MR) is 222 cm³/mol. The van der Waals surface area contributed by atoms with Gasteiger partial charge in [0.05, 0.1) is 31.0 Å². The fourth-order valence-electron chi connectivity index (χ4n) is 6.66. The van der Waals surface area contributed by atoms with Crippen LogP contribution < -0.4 is 33.6 Å². The minimum absolute atomic E-state index is 0.00573. The Labute approximate surface area is 376 Å². The minimum atomic E-state index is -5.09. The van der Waals surface area contributed by atoms with Gasteiger partial charge in [-0.1, -0.05) is 30.3 Å². The molecule has 0 saturated carbocycles. The summed E-state index contributed by atoms with van der Waals surface area (Å²) in [5, 5.41) is -0.265. The van der Waals surface area contributed by atoms with Gasteiger partial charge in [-0.2, -0.15) is 41.2 Å². The lowest BCUT2D eigenvalue weighted by atomic mass is 10.1. The van der Waals surface area contributed by atoms with Crippen LogP contribution in [0.4, 0.5) is 63.7 Å². The van der Waals surface area contributed by atoms with Crippen LogP contribution >= 0.6 is 23.2 Å². The molecule has 0 aliphatic carbocycles. The van der Waals surface area contributed by atoms with Gasteiger partial charge in [0.15, 0.2) is 16.2 Å². The first-order chi connectivity index (χ1) is 31.4. The maximum absolute atomic E-state index is 14.9. The lowest BCUT2D eigenvalue weighted by Gasteiger charge is -2.38. The number of piperazine rings is 1. The number of hydrogen-bond donors (Lipinski definition) is 0. The van der Waals surface area contributed by atoms with Gasteiger partial charge >= 0.3 is 30.6 Å². The van der Waals surface area contributed by atoms with E-state index < -0.39 is 59.1 Å². The Bertz CT molecular complexity index is 2950. The summed E-state index contributed by atoms with van der Waals surface area (Å²) in [6.45, 7) is -0.992. The maximum Gasteiger partial charge on any atom is 0.431 e. The Balaban J connectivity index is 1.18. The van der Waals surface area contributed by atoms with Gasteiger partial charge in [-0.05, 0) is 65.7 Å². The van der Waals surface area contributed by atoms with E-state index in [1.165, 1.54) is 72.6 Å². The van der Waals surface area contributed by atoms with E-state index in [1.807, 2.05) is 0 Å². The van der Waals surface area contributed by atoms with Crippen LogP contribution in [0.15, 0.2) is 93.8 Å². The maximum atomic E-state index is 14.9. The number of nitrogens with zero attached hydrogens (tertiary/aromatic N) is 8. The van der Waals surface area contributed by atoms with E-state index in [2.05, 4.69) is 19.9 Å². The molecule has 8 rings (SSSR count). The summed E-state index contributed by atoms with van der Waals surface area (Å²) in [5.74, 6) is -1.97. The highest BCUT2D eigenvalue weighted by Gasteiger charge is 2.40. The fourth-order valence-corrected chi connectivity index (χ4v) is 7.01. The Morgan fingerprint density at radius 1 is 0.652 bits per heavy atom. The van der Waals surface area contributed by atoms with E-state index in [0.717, 1.165) is 4.90 Å². The number of ether oxygens (including phenoxy) is 4. The van der Waals surface area contributed by atoms with E-state index in [4.69, 9.17) is 51.0 Å². The number of alkyl halides is 6. The lowest BCUT2D eigenvalue weighted by molar-refractivity contribution is -0.143. The van der Waals surface area contributed by atoms with Gasteiger partial charge in [-0.15, -0.1) is 0 Å². The number of imide groups is 1. The van der Waals surface area contributed by atoms with Crippen LogP contribution in [0.25, 0.3) is 22.5 Å². The molecule has 1 fully saturated rings. The van der Waals surface area contributed by atoms with E-state index in [1.54, 1.807) is 18.2 Å². The van der Waals surface area contributed by atoms with Crippen LogP contribution in [0.3, 0.4) is 0 Å². The second kappa shape index (κ2) is 17.8. The number of fused-ring (bicyclic) bond motifs is 2. The highest BCUT2D eigenvalue weighted by atomic mass is 35.5. The molecule has 0 radical (unpaired) electrons. The second-order valence-corrected chi connectivity index (χ2v) is 14.5. The number of urea groups is 1. The minimum Gasteiger partial charge on any atom is -0.478 e. The molecule has 5 heterocycles. The van der Waals surface area contributed by atoms with Crippen molar-refractivity contribution in [3.63, 3.8) is 0 Å². The summed E-state index contributed by atoms with van der Waals surface area (Å²) in [5.41, 5.74) is -3.80. The number of benzene rings is 3. The van der Waals surface area contributed by atoms with Crippen LogP contribution in [0.2, 0.25) is 10.4 Å². The van der Waals surface area contributed by atoms with Crippen molar-refractivity contribution in [2.45, 2.75) is 12.4 Å². The summed E-state index contributed by atoms with van der Waals surface area (Å²) in [6, 6.07) is 16.0. The summed E-state index contributed by atoms with van der Waals surface area (Å²) in [4.78, 5) is 64.5. The zero-order valence-electron chi connectivity index (χ0n) is 33.7. The molecule has 1 saturated heterocycles. The molecule has 25 heteroatoms. The zero-order chi connectivity index (χ0) is 47.1. The fraction of sp³-hybridized carbons (Fsp3) is 0.195. The highest BCUT2D eigenvalue weighted by molar-refractivity contribution is 6.30. The summed E-state index contributed by atoms with van der Waals surface area (Å²) in [6.07, 6.45) is -13.0. The van der Waals surface area contributed by atoms with Crippen LogP contribution in [-0.4, -0.2) is 83.5 Å². The molecule has 1 aliphatic rings. The molecule has 0 spiro atoms. The monoisotopic (exact) mass is 960 g/mol. The van der Waals surface area contributed by atoms with Crippen LogP contribution in [0.5, 0.6) is 23.3 Å². The number of furan rings is 2. The van der Waals surface area contributed by atoms with Gasteiger partial charge in [0.1, 0.15) is 16.8 Å². The molecule has 0 unspecified atom stereocenters. The Morgan fingerprint density at radius 3 is 1.73 bits per heavy atom. The molecule has 342 valence electrons. The SMILES string of the molecule is COc1nc2oc(Cl)cc2nc1N(C(=O)Oc1ccccc1)C(=O)Oc1ccccc1N(C(=O)N1CCN(c2cc(C(F)(F)F)cc(C(F)(F)F)c2)CC1)c1nc2cc(Cl)oc2nc1OC. The van der Waals surface area contributed by atoms with E-state index >= 15 is 0 Å². The first kappa shape index (κ1) is 45.1. The molecule has 7 aromatic rings. The standard InChI is InChI=1S/C41H28Cl2F6N8O9/c1-61-35-31(50-25-19-29(42)65-33(25)52-35)56(37(58)55-14-12-54(13-15-55)23-17-21(40(44,45)46)16-22(18-23)41(47,48)49)27-10-6-7-11-28(27)64-39(60)57(38(59)63-24-8-4-3-5-9-24)32-36(62-2)53-34-26(51-32)20-30(43)66-34/h3-11,16-20H,12-15H2,1-2H3. The number of halogens is 8. The number of anilines is 4. The summed E-state index contributed by atoms with van der Waals surface area (Å²) in [7, 11) is 2.38. The molecule has 66 heavy (non-hydrogen) atoms. The van der Waals surface area contributed by atoms with Gasteiger partial charge in [0.2, 0.25) is 23.1 Å². The van der Waals surface area contributed by atoms with Crippen molar-refractivity contribution in [3.05, 3.63) is 106 Å². The number of methoxy groups -OCH3 is 2. The number of carbonyl (C=O) groups is 3. The average Bonchev–Trinajstić information content (AvgIpc) is 3.85. The zero-order valence-corrected chi connectivity index (χ0v) is 35.2. The van der Waals surface area contributed by atoms with Gasteiger partial charge in [0, 0.05) is 44.0 Å². The molecule has 0 bridgehead atoms. The molecule has 3 aromatic carbocycles. The number of rotatable bonds is 8. The van der Waals surface area contributed by atoms with E-state index in [-0.39, 0.29) is 94.0 Å². The normalized spacial score (nSPS) is 13.2. The van der Waals surface area contributed by atoms with Crippen molar-refractivity contribution in [3.8, 4) is 23.3 Å². The highest BCUT2D eigenvalue weighted by Crippen LogP contribution is 2.42. The molecular weight excluding hydrogens is 933 g/mol. The third-order valence-corrected chi connectivity index (χ3v) is 10.0. The average molecular weight is 962 g/mol. The molecule has 0 atom stereocenters. The Kier molecular flexibility index (Phi) is 12.2. The lowest BCUT2D eigenvalue weighted by Crippen LogP contribution is -2.52. The number of amides is 4. The van der Waals surface area contributed by atoms with Crippen LogP contribution in [-0.2, 0) is 12.4 Å². The van der Waals surface area contributed by atoms with E-state index in [9.17, 15) is 40.7 Å². The molecule has 4 aromatic heterocycles. The predicted octanol–water partition coefficient (Wildman–Crippen LogP) is 10.4. The first-order valence-electron chi connectivity index (χ1n) is 18.9. The quantitative estimate of drug-likeness (QED) is 0.131. The largest absolute Gasteiger partial charge is 0.478 e. The van der Waals surface area contributed by atoms with Gasteiger partial charge in [-0.3, -0.25) is 0 Å². The van der Waals surface area contributed by atoms with Crippen molar-refractivity contribution in [1.82, 2.24) is 24.8 Å². The van der Waals surface area contributed by atoms with Crippen molar-refractivity contribution in [1.29, 1.82) is 0 Å². The van der Waals surface area contributed by atoms with Crippen molar-refractivity contribution in [2.24, 2.45) is 0 Å². The number of para-hydroxylation sites is 3. The number of hydrogen-bond acceptors (Lipinski definition) is 14. The molecule has 0 N–H and O–H groups in total. The smallest absolute Gasteiger partial charge is 0.431 e. The Hall–Kier alpha value is -7.53. The molecule has 1 aliphatic heterocycles. The second-order valence-electron chi connectivity index (χ2n) is 13.8. The molecular formula is C41H28Cl2F6N8O9. The van der Waals surface area contributed by atoms with Crippen molar-refractivity contribution < 1.29 is 68.5 Å². The van der Waals surface area contributed by atoms with Gasteiger partial charge in [0.25, 0.3) is 11.8 Å². The van der Waals surface area contributed by atoms with Gasteiger partial charge in [-0.25, -0.2) is 29.3 Å². The van der Waals surface area contributed by atoms with E-state index in [0.29, 0.717) is 17.0 Å². The van der Waals surface area contributed by atoms with Gasteiger partial charge < -0.3 is 37.6 Å². The number of carbonyl (C=O) groups excluding carboxylic acids is 3. The molecule has 17 nitrogen and oxygen atoms in total. The summed E-state index contributed by atoms with van der Waals surface area (Å²) >= 11 is 12.1. The topological polar surface area (TPSA) is 179 Å².